The van der Waals surface area contributed by atoms with E-state index in [4.69, 9.17) is 11.6 Å². The molecule has 0 fully saturated rings. The summed E-state index contributed by atoms with van der Waals surface area (Å²) in [7, 11) is 0. The Balaban J connectivity index is 2.48. The second-order valence-corrected chi connectivity index (χ2v) is 5.16. The van der Waals surface area contributed by atoms with Gasteiger partial charge in [0.25, 0.3) is 0 Å². The molecule has 0 spiro atoms. The van der Waals surface area contributed by atoms with Gasteiger partial charge in [-0.3, -0.25) is 10.1 Å². The van der Waals surface area contributed by atoms with Gasteiger partial charge in [-0.2, -0.15) is 0 Å². The molecular weight excluding hydrogens is 252 g/mol. The van der Waals surface area contributed by atoms with Crippen LogP contribution in [0, 0.1) is 0 Å². The van der Waals surface area contributed by atoms with Crippen LogP contribution in [0.15, 0.2) is 24.3 Å². The number of halogens is 1. The SMILES string of the molecule is CC(C)(CCc1ccc(Cl)cc1)NC(=O)NC=O. The predicted molar refractivity (Wildman–Crippen MR) is 71.6 cm³/mol. The highest BCUT2D eigenvalue weighted by Gasteiger charge is 2.19. The lowest BCUT2D eigenvalue weighted by atomic mass is 9.95. The lowest BCUT2D eigenvalue weighted by Gasteiger charge is -2.25. The van der Waals surface area contributed by atoms with E-state index < -0.39 is 6.03 Å². The molecule has 0 aliphatic heterocycles. The van der Waals surface area contributed by atoms with Crippen molar-refractivity contribution in [2.24, 2.45) is 0 Å². The van der Waals surface area contributed by atoms with Gasteiger partial charge < -0.3 is 5.32 Å². The number of rotatable bonds is 5. The lowest BCUT2D eigenvalue weighted by Crippen LogP contribution is -2.48. The van der Waals surface area contributed by atoms with E-state index in [1.165, 1.54) is 0 Å². The molecule has 4 nitrogen and oxygen atoms in total. The normalized spacial score (nSPS) is 10.8. The third kappa shape index (κ3) is 5.19. The van der Waals surface area contributed by atoms with Crippen molar-refractivity contribution >= 4 is 24.0 Å². The van der Waals surface area contributed by atoms with E-state index in [2.05, 4.69) is 10.6 Å². The summed E-state index contributed by atoms with van der Waals surface area (Å²) in [4.78, 5) is 21.4. The van der Waals surface area contributed by atoms with E-state index in [9.17, 15) is 9.59 Å². The minimum absolute atomic E-state index is 0.366. The summed E-state index contributed by atoms with van der Waals surface area (Å²) in [5.74, 6) is 0. The quantitative estimate of drug-likeness (QED) is 0.806. The first kappa shape index (κ1) is 14.5. The molecule has 1 rings (SSSR count). The number of urea groups is 1. The molecule has 1 aromatic carbocycles. The molecule has 5 heteroatoms. The first-order valence-corrected chi connectivity index (χ1v) is 6.07. The van der Waals surface area contributed by atoms with Crippen LogP contribution in [-0.2, 0) is 11.2 Å². The molecule has 0 aromatic heterocycles. The average molecular weight is 269 g/mol. The van der Waals surface area contributed by atoms with Crippen LogP contribution in [0.1, 0.15) is 25.8 Å². The van der Waals surface area contributed by atoms with Crippen LogP contribution < -0.4 is 10.6 Å². The number of aryl methyl sites for hydroxylation is 1. The first-order chi connectivity index (χ1) is 8.43. The van der Waals surface area contributed by atoms with E-state index in [1.54, 1.807) is 0 Å². The van der Waals surface area contributed by atoms with Gasteiger partial charge in [0, 0.05) is 10.6 Å². The van der Waals surface area contributed by atoms with Gasteiger partial charge in [-0.05, 0) is 44.4 Å². The Morgan fingerprint density at radius 3 is 2.50 bits per heavy atom. The van der Waals surface area contributed by atoms with E-state index >= 15 is 0 Å². The largest absolute Gasteiger partial charge is 0.333 e. The number of carbonyl (C=O) groups excluding carboxylic acids is 2. The Hall–Kier alpha value is -1.55. The van der Waals surface area contributed by atoms with E-state index in [0.29, 0.717) is 11.4 Å². The van der Waals surface area contributed by atoms with Gasteiger partial charge in [-0.1, -0.05) is 23.7 Å². The van der Waals surface area contributed by atoms with Crippen molar-refractivity contribution in [3.63, 3.8) is 0 Å². The number of amides is 3. The second kappa shape index (κ2) is 6.40. The highest BCUT2D eigenvalue weighted by molar-refractivity contribution is 6.30. The Kier molecular flexibility index (Phi) is 5.16. The van der Waals surface area contributed by atoms with Crippen molar-refractivity contribution in [3.8, 4) is 0 Å². The van der Waals surface area contributed by atoms with Crippen LogP contribution in [0.4, 0.5) is 4.79 Å². The average Bonchev–Trinajstić information content (AvgIpc) is 2.28. The minimum atomic E-state index is -0.480. The van der Waals surface area contributed by atoms with Crippen LogP contribution in [0.2, 0.25) is 5.02 Å². The molecule has 0 aliphatic carbocycles. The fourth-order valence-corrected chi connectivity index (χ4v) is 1.69. The van der Waals surface area contributed by atoms with Gasteiger partial charge in [0.15, 0.2) is 0 Å². The molecule has 0 aliphatic rings. The van der Waals surface area contributed by atoms with Crippen LogP contribution >= 0.6 is 11.6 Å². The molecule has 2 N–H and O–H groups in total. The van der Waals surface area contributed by atoms with Crippen LogP contribution in [0.3, 0.4) is 0 Å². The fraction of sp³-hybridized carbons (Fsp3) is 0.385. The standard InChI is InChI=1S/C13H17ClN2O2/c1-13(2,16-12(18)15-9-17)8-7-10-3-5-11(14)6-4-10/h3-6,9H,7-8H2,1-2H3,(H2,15,16,17,18). The van der Waals surface area contributed by atoms with Crippen molar-refractivity contribution in [1.82, 2.24) is 10.6 Å². The monoisotopic (exact) mass is 268 g/mol. The van der Waals surface area contributed by atoms with Gasteiger partial charge >= 0.3 is 6.03 Å². The molecule has 0 bridgehead atoms. The van der Waals surface area contributed by atoms with E-state index in [-0.39, 0.29) is 5.54 Å². The van der Waals surface area contributed by atoms with Crippen molar-refractivity contribution in [1.29, 1.82) is 0 Å². The number of benzene rings is 1. The van der Waals surface area contributed by atoms with E-state index in [1.807, 2.05) is 38.1 Å². The molecule has 3 amide bonds. The molecule has 1 aromatic rings. The highest BCUT2D eigenvalue weighted by atomic mass is 35.5. The summed E-state index contributed by atoms with van der Waals surface area (Å²) < 4.78 is 0. The van der Waals surface area contributed by atoms with Gasteiger partial charge in [0.2, 0.25) is 6.41 Å². The zero-order chi connectivity index (χ0) is 13.6. The van der Waals surface area contributed by atoms with Crippen molar-refractivity contribution in [3.05, 3.63) is 34.9 Å². The maximum Gasteiger partial charge on any atom is 0.321 e. The van der Waals surface area contributed by atoms with E-state index in [0.717, 1.165) is 18.4 Å². The topological polar surface area (TPSA) is 58.2 Å². The number of hydrogen-bond donors (Lipinski definition) is 2. The third-order valence-electron chi connectivity index (χ3n) is 2.59. The summed E-state index contributed by atoms with van der Waals surface area (Å²) in [5.41, 5.74) is 0.775. The summed E-state index contributed by atoms with van der Waals surface area (Å²) >= 11 is 5.81. The Morgan fingerprint density at radius 2 is 1.94 bits per heavy atom. The zero-order valence-corrected chi connectivity index (χ0v) is 11.3. The summed E-state index contributed by atoms with van der Waals surface area (Å²) in [6.45, 7) is 3.82. The van der Waals surface area contributed by atoms with Crippen molar-refractivity contribution in [2.45, 2.75) is 32.2 Å². The van der Waals surface area contributed by atoms with Crippen LogP contribution in [0.25, 0.3) is 0 Å². The third-order valence-corrected chi connectivity index (χ3v) is 2.85. The smallest absolute Gasteiger partial charge is 0.321 e. The number of nitrogens with one attached hydrogen (secondary N) is 2. The molecule has 0 atom stereocenters. The number of carbonyl (C=O) groups is 2. The second-order valence-electron chi connectivity index (χ2n) is 4.73. The summed E-state index contributed by atoms with van der Waals surface area (Å²) in [6, 6.07) is 7.13. The Labute approximate surface area is 112 Å². The molecule has 0 saturated heterocycles. The highest BCUT2D eigenvalue weighted by Crippen LogP contribution is 2.15. The molecule has 0 radical (unpaired) electrons. The first-order valence-electron chi connectivity index (χ1n) is 5.70. The maximum atomic E-state index is 11.2. The molecule has 98 valence electrons. The number of imide groups is 1. The Bertz CT molecular complexity index is 416. The molecule has 18 heavy (non-hydrogen) atoms. The molecular formula is C13H17ClN2O2. The van der Waals surface area contributed by atoms with Gasteiger partial charge in [0.1, 0.15) is 0 Å². The van der Waals surface area contributed by atoms with Gasteiger partial charge in [0.05, 0.1) is 0 Å². The van der Waals surface area contributed by atoms with Crippen molar-refractivity contribution < 1.29 is 9.59 Å². The predicted octanol–water partition coefficient (Wildman–Crippen LogP) is 2.51. The minimum Gasteiger partial charge on any atom is -0.333 e. The lowest BCUT2D eigenvalue weighted by molar-refractivity contribution is -0.108. The molecule has 0 saturated carbocycles. The fourth-order valence-electron chi connectivity index (χ4n) is 1.57. The Morgan fingerprint density at radius 1 is 1.33 bits per heavy atom. The van der Waals surface area contributed by atoms with Crippen LogP contribution in [-0.4, -0.2) is 18.0 Å². The number of hydrogen-bond acceptors (Lipinski definition) is 2. The maximum absolute atomic E-state index is 11.2. The van der Waals surface area contributed by atoms with Gasteiger partial charge in [-0.15, -0.1) is 0 Å². The molecule has 0 unspecified atom stereocenters. The summed E-state index contributed by atoms with van der Waals surface area (Å²) in [6.07, 6.45) is 1.96. The molecule has 0 heterocycles. The van der Waals surface area contributed by atoms with Crippen molar-refractivity contribution in [2.75, 3.05) is 0 Å². The summed E-state index contributed by atoms with van der Waals surface area (Å²) in [5, 5.41) is 5.50. The van der Waals surface area contributed by atoms with Crippen LogP contribution in [0.5, 0.6) is 0 Å². The van der Waals surface area contributed by atoms with Gasteiger partial charge in [-0.25, -0.2) is 4.79 Å². The zero-order valence-electron chi connectivity index (χ0n) is 10.5.